The number of nitrogens with one attached hydrogen (secondary N) is 1. The zero-order valence-electron chi connectivity index (χ0n) is 9.65. The third-order valence-electron chi connectivity index (χ3n) is 2.87. The number of carboxylic acids is 1. The van der Waals surface area contributed by atoms with E-state index in [2.05, 4.69) is 5.32 Å². The van der Waals surface area contributed by atoms with Crippen LogP contribution in [0.5, 0.6) is 0 Å². The monoisotopic (exact) mass is 234 g/mol. The fourth-order valence-electron chi connectivity index (χ4n) is 2.04. The van der Waals surface area contributed by atoms with Crippen LogP contribution in [0.2, 0.25) is 0 Å². The maximum absolute atomic E-state index is 11.3. The second-order valence-corrected chi connectivity index (χ2v) is 4.00. The van der Waals surface area contributed by atoms with Gasteiger partial charge >= 0.3 is 5.97 Å². The maximum Gasteiger partial charge on any atom is 0.334 e. The van der Waals surface area contributed by atoms with Gasteiger partial charge < -0.3 is 20.6 Å². The Balaban J connectivity index is 2.56. The van der Waals surface area contributed by atoms with Crippen molar-refractivity contribution in [2.45, 2.75) is 19.8 Å². The van der Waals surface area contributed by atoms with Crippen LogP contribution in [0.1, 0.15) is 25.5 Å². The van der Waals surface area contributed by atoms with Crippen molar-refractivity contribution in [3.8, 4) is 0 Å². The second-order valence-electron chi connectivity index (χ2n) is 4.00. The first-order valence-electron chi connectivity index (χ1n) is 5.23. The van der Waals surface area contributed by atoms with Crippen molar-refractivity contribution in [1.82, 2.24) is 5.32 Å². The molecule has 1 atom stereocenters. The number of rotatable bonds is 2. The van der Waals surface area contributed by atoms with E-state index in [9.17, 15) is 9.90 Å². The molecular weight excluding hydrogens is 220 g/mol. The highest BCUT2D eigenvalue weighted by Crippen LogP contribution is 2.35. The number of nitrogens with two attached hydrogens (primary N) is 1. The van der Waals surface area contributed by atoms with Crippen molar-refractivity contribution in [3.05, 3.63) is 46.8 Å². The van der Waals surface area contributed by atoms with E-state index in [-0.39, 0.29) is 5.57 Å². The summed E-state index contributed by atoms with van der Waals surface area (Å²) in [7, 11) is 0. The van der Waals surface area contributed by atoms with Crippen LogP contribution in [0.4, 0.5) is 0 Å². The van der Waals surface area contributed by atoms with E-state index in [0.717, 1.165) is 5.70 Å². The summed E-state index contributed by atoms with van der Waals surface area (Å²) in [6.45, 7) is 3.53. The molecule has 0 saturated carbocycles. The molecule has 2 rings (SSSR count). The van der Waals surface area contributed by atoms with Gasteiger partial charge in [0.1, 0.15) is 5.76 Å². The molecule has 0 radical (unpaired) electrons. The predicted octanol–water partition coefficient (Wildman–Crippen LogP) is 1.52. The first kappa shape index (κ1) is 11.3. The lowest BCUT2D eigenvalue weighted by molar-refractivity contribution is -0.133. The van der Waals surface area contributed by atoms with Crippen LogP contribution in [-0.2, 0) is 4.79 Å². The number of carboxylic acid groups (broad SMARTS) is 1. The van der Waals surface area contributed by atoms with Gasteiger partial charge in [-0.05, 0) is 26.0 Å². The quantitative estimate of drug-likeness (QED) is 0.722. The number of carbonyl (C=O) groups is 1. The molecule has 1 aliphatic heterocycles. The van der Waals surface area contributed by atoms with Crippen molar-refractivity contribution in [2.24, 2.45) is 5.73 Å². The summed E-state index contributed by atoms with van der Waals surface area (Å²) >= 11 is 0. The molecule has 17 heavy (non-hydrogen) atoms. The van der Waals surface area contributed by atoms with Gasteiger partial charge in [-0.2, -0.15) is 0 Å². The summed E-state index contributed by atoms with van der Waals surface area (Å²) in [6, 6.07) is 3.45. The van der Waals surface area contributed by atoms with E-state index >= 15 is 0 Å². The van der Waals surface area contributed by atoms with Crippen LogP contribution in [0, 0.1) is 0 Å². The molecule has 5 heteroatoms. The lowest BCUT2D eigenvalue weighted by Gasteiger charge is -2.26. The van der Waals surface area contributed by atoms with Gasteiger partial charge in [-0.1, -0.05) is 0 Å². The molecule has 5 nitrogen and oxygen atoms in total. The van der Waals surface area contributed by atoms with Crippen LogP contribution in [0.15, 0.2) is 45.5 Å². The number of furan rings is 1. The molecule has 4 N–H and O–H groups in total. The lowest BCUT2D eigenvalue weighted by atomic mass is 9.88. The lowest BCUT2D eigenvalue weighted by Crippen LogP contribution is -2.30. The van der Waals surface area contributed by atoms with Gasteiger partial charge in [-0.3, -0.25) is 0 Å². The van der Waals surface area contributed by atoms with Gasteiger partial charge in [0, 0.05) is 17.1 Å². The summed E-state index contributed by atoms with van der Waals surface area (Å²) < 4.78 is 5.28. The Labute approximate surface area is 98.6 Å². The predicted molar refractivity (Wildman–Crippen MR) is 61.8 cm³/mol. The van der Waals surface area contributed by atoms with E-state index in [1.54, 1.807) is 19.1 Å². The first-order valence-corrected chi connectivity index (χ1v) is 5.23. The van der Waals surface area contributed by atoms with Crippen LogP contribution < -0.4 is 11.1 Å². The van der Waals surface area contributed by atoms with Gasteiger partial charge in [0.15, 0.2) is 0 Å². The minimum absolute atomic E-state index is 0.225. The van der Waals surface area contributed by atoms with Crippen LogP contribution in [0.3, 0.4) is 0 Å². The molecule has 0 bridgehead atoms. The molecule has 0 aromatic carbocycles. The SMILES string of the molecule is CC1=C(N)C(c2ccco2)C(C(=O)O)=C(C)N1. The van der Waals surface area contributed by atoms with Crippen molar-refractivity contribution >= 4 is 5.97 Å². The third-order valence-corrected chi connectivity index (χ3v) is 2.87. The highest BCUT2D eigenvalue weighted by Gasteiger charge is 2.33. The Bertz CT molecular complexity index is 512. The topological polar surface area (TPSA) is 88.5 Å². The van der Waals surface area contributed by atoms with Crippen molar-refractivity contribution in [2.75, 3.05) is 0 Å². The van der Waals surface area contributed by atoms with E-state index in [1.807, 2.05) is 6.92 Å². The molecule has 0 fully saturated rings. The number of allylic oxidation sites excluding steroid dienone is 3. The minimum Gasteiger partial charge on any atom is -0.478 e. The van der Waals surface area contributed by atoms with E-state index in [0.29, 0.717) is 17.2 Å². The summed E-state index contributed by atoms with van der Waals surface area (Å²) in [4.78, 5) is 11.3. The molecule has 0 spiro atoms. The van der Waals surface area contributed by atoms with Gasteiger partial charge in [-0.15, -0.1) is 0 Å². The summed E-state index contributed by atoms with van der Waals surface area (Å²) in [5.41, 5.74) is 8.01. The molecule has 2 heterocycles. The Kier molecular flexibility index (Phi) is 2.67. The van der Waals surface area contributed by atoms with Gasteiger partial charge in [-0.25, -0.2) is 4.79 Å². The van der Waals surface area contributed by atoms with Crippen molar-refractivity contribution < 1.29 is 14.3 Å². The number of hydrogen-bond acceptors (Lipinski definition) is 4. The van der Waals surface area contributed by atoms with Crippen LogP contribution in [-0.4, -0.2) is 11.1 Å². The minimum atomic E-state index is -0.994. The smallest absolute Gasteiger partial charge is 0.334 e. The number of dihydropyridines is 1. The molecule has 0 saturated heterocycles. The summed E-state index contributed by atoms with van der Waals surface area (Å²) in [5.74, 6) is -0.976. The Morgan fingerprint density at radius 2 is 2.18 bits per heavy atom. The van der Waals surface area contributed by atoms with E-state index < -0.39 is 11.9 Å². The molecule has 0 amide bonds. The highest BCUT2D eigenvalue weighted by atomic mass is 16.4. The fourth-order valence-corrected chi connectivity index (χ4v) is 2.04. The van der Waals surface area contributed by atoms with Crippen molar-refractivity contribution in [3.63, 3.8) is 0 Å². The molecule has 1 aliphatic rings. The Morgan fingerprint density at radius 1 is 1.47 bits per heavy atom. The molecule has 90 valence electrons. The Morgan fingerprint density at radius 3 is 2.71 bits per heavy atom. The molecule has 1 aromatic rings. The fraction of sp³-hybridized carbons (Fsp3) is 0.250. The third kappa shape index (κ3) is 1.80. The van der Waals surface area contributed by atoms with Crippen LogP contribution >= 0.6 is 0 Å². The molecular formula is C12H14N2O3. The average molecular weight is 234 g/mol. The van der Waals surface area contributed by atoms with Gasteiger partial charge in [0.2, 0.25) is 0 Å². The summed E-state index contributed by atoms with van der Waals surface area (Å²) in [6.07, 6.45) is 1.51. The van der Waals surface area contributed by atoms with Gasteiger partial charge in [0.25, 0.3) is 0 Å². The normalized spacial score (nSPS) is 20.5. The average Bonchev–Trinajstić information content (AvgIpc) is 2.75. The molecule has 1 aromatic heterocycles. The number of hydrogen-bond donors (Lipinski definition) is 3. The standard InChI is InChI=1S/C12H14N2O3/c1-6-9(12(15)16)10(8-4-3-5-17-8)11(13)7(2)14-6/h3-5,10,14H,13H2,1-2H3,(H,15,16). The maximum atomic E-state index is 11.3. The summed E-state index contributed by atoms with van der Waals surface area (Å²) in [5, 5.41) is 12.2. The van der Waals surface area contributed by atoms with E-state index in [4.69, 9.17) is 10.2 Å². The largest absolute Gasteiger partial charge is 0.478 e. The zero-order chi connectivity index (χ0) is 12.6. The van der Waals surface area contributed by atoms with Crippen molar-refractivity contribution in [1.29, 1.82) is 0 Å². The van der Waals surface area contributed by atoms with E-state index in [1.165, 1.54) is 6.26 Å². The molecule has 1 unspecified atom stereocenters. The highest BCUT2D eigenvalue weighted by molar-refractivity contribution is 5.90. The van der Waals surface area contributed by atoms with Gasteiger partial charge in [0.05, 0.1) is 17.8 Å². The van der Waals surface area contributed by atoms with Crippen LogP contribution in [0.25, 0.3) is 0 Å². The first-order chi connectivity index (χ1) is 8.02. The Hall–Kier alpha value is -2.17. The zero-order valence-corrected chi connectivity index (χ0v) is 9.65. The second kappa shape index (κ2) is 4.01. The number of aliphatic carboxylic acids is 1. The molecule has 0 aliphatic carbocycles.